The van der Waals surface area contributed by atoms with E-state index >= 15 is 0 Å². The zero-order valence-corrected chi connectivity index (χ0v) is 67.9. The first-order valence-electron chi connectivity index (χ1n) is 42.5. The molecule has 0 atom stereocenters. The smallest absolute Gasteiger partial charge is 0.160 e. The van der Waals surface area contributed by atoms with Crippen molar-refractivity contribution in [2.45, 2.75) is 0 Å². The number of benzene rings is 18. The summed E-state index contributed by atoms with van der Waals surface area (Å²) < 4.78 is 7.08. The van der Waals surface area contributed by atoms with Crippen LogP contribution in [0.2, 0.25) is 0 Å². The summed E-state index contributed by atoms with van der Waals surface area (Å²) in [5.74, 6) is 1.63. The normalized spacial score (nSPS) is 12.2. The second-order valence-electron chi connectivity index (χ2n) is 32.2. The minimum Gasteiger partial charge on any atom is -0.309 e. The molecule has 9 heterocycles. The number of fused-ring (bicyclic) bond motifs is 15. The number of anilines is 9. The van der Waals surface area contributed by atoms with Gasteiger partial charge in [0.05, 0.1) is 90.0 Å². The number of aromatic nitrogens is 9. The molecule has 0 saturated carbocycles. The summed E-state index contributed by atoms with van der Waals surface area (Å²) in [5.41, 5.74) is 32.2. The van der Waals surface area contributed by atoms with Crippen LogP contribution < -0.4 is 14.7 Å². The molecule has 6 aromatic heterocycles. The molecule has 0 N–H and O–H groups in total. The van der Waals surface area contributed by atoms with E-state index in [9.17, 15) is 0 Å². The summed E-state index contributed by atoms with van der Waals surface area (Å²) >= 11 is 0. The average Bonchev–Trinajstić information content (AvgIpc) is 1.16. The molecule has 0 saturated heterocycles. The van der Waals surface area contributed by atoms with E-state index in [0.29, 0.717) is 0 Å². The molecule has 588 valence electrons. The molecule has 3 aliphatic heterocycles. The third-order valence-electron chi connectivity index (χ3n) is 25.2. The molecule has 12 nitrogen and oxygen atoms in total. The zero-order valence-electron chi connectivity index (χ0n) is 67.9. The van der Waals surface area contributed by atoms with Crippen LogP contribution in [-0.4, -0.2) is 43.6 Å². The SMILES string of the molecule is c1ccc(-c2cc3c4c(cccc4c2)N(c2cccc(-n4c5ccccc5c5ccccc54)c2)c2cncnc2-3)cc1.c1ccc(-c2cc3c4c(cccc4c2)N(c2cccc(-n4c5ccccc5c5ccccc54)c2)c2ncncc2-3)cc1.c1ccc(-c2nc3c4c(cccc4n2)N(c2ccc(-n4c5ccccc5c5ccccc54)cc2)c2ccccc2-3)cc1. The van der Waals surface area contributed by atoms with E-state index in [0.717, 1.165) is 124 Å². The number of hydrogen-bond acceptors (Lipinski definition) is 9. The lowest BCUT2D eigenvalue weighted by Gasteiger charge is -2.33. The number of nitrogens with zero attached hydrogens (tertiary/aromatic N) is 12. The maximum Gasteiger partial charge on any atom is 0.160 e. The fraction of sp³-hybridized carbons (Fsp3) is 0. The first-order chi connectivity index (χ1) is 62.5. The Morgan fingerprint density at radius 3 is 1.15 bits per heavy atom. The average molecular weight is 1610 g/mol. The van der Waals surface area contributed by atoms with Gasteiger partial charge in [0.25, 0.3) is 0 Å². The van der Waals surface area contributed by atoms with Gasteiger partial charge in [0, 0.05) is 106 Å². The quantitative estimate of drug-likeness (QED) is 0.140. The molecule has 12 heteroatoms. The maximum absolute atomic E-state index is 5.14. The maximum atomic E-state index is 5.14. The van der Waals surface area contributed by atoms with Crippen LogP contribution in [0.4, 0.5) is 51.3 Å². The Labute approximate surface area is 724 Å². The van der Waals surface area contributed by atoms with Gasteiger partial charge < -0.3 is 23.5 Å². The minimum atomic E-state index is 0.744. The Morgan fingerprint density at radius 2 is 0.603 bits per heavy atom. The van der Waals surface area contributed by atoms with Gasteiger partial charge in [-0.25, -0.2) is 29.9 Å². The van der Waals surface area contributed by atoms with Gasteiger partial charge in [0.2, 0.25) is 0 Å². The van der Waals surface area contributed by atoms with Crippen LogP contribution in [0.1, 0.15) is 0 Å². The highest BCUT2D eigenvalue weighted by Gasteiger charge is 2.33. The van der Waals surface area contributed by atoms with Crippen LogP contribution in [-0.2, 0) is 0 Å². The summed E-state index contributed by atoms with van der Waals surface area (Å²) in [5, 5.41) is 13.4. The Bertz CT molecular complexity index is 8020. The molecule has 0 radical (unpaired) electrons. The highest BCUT2D eigenvalue weighted by molar-refractivity contribution is 6.18. The summed E-state index contributed by atoms with van der Waals surface area (Å²) in [7, 11) is 0. The van der Waals surface area contributed by atoms with Crippen LogP contribution in [0, 0.1) is 0 Å². The van der Waals surface area contributed by atoms with E-state index in [2.05, 4.69) is 433 Å². The van der Waals surface area contributed by atoms with Crippen molar-refractivity contribution in [1.29, 1.82) is 0 Å². The molecule has 0 fully saturated rings. The van der Waals surface area contributed by atoms with Crippen LogP contribution in [0.15, 0.2) is 438 Å². The molecule has 0 aliphatic carbocycles. The van der Waals surface area contributed by atoms with Crippen molar-refractivity contribution < 1.29 is 0 Å². The van der Waals surface area contributed by atoms with Crippen LogP contribution >= 0.6 is 0 Å². The largest absolute Gasteiger partial charge is 0.309 e. The molecule has 27 rings (SSSR count). The van der Waals surface area contributed by atoms with E-state index < -0.39 is 0 Å². The van der Waals surface area contributed by atoms with Gasteiger partial charge in [-0.05, 0) is 190 Å². The van der Waals surface area contributed by atoms with E-state index in [-0.39, 0.29) is 0 Å². The minimum absolute atomic E-state index is 0.744. The molecule has 0 spiro atoms. The molecule has 3 aliphatic rings. The molecule has 0 amide bonds. The van der Waals surface area contributed by atoms with E-state index in [1.807, 2.05) is 30.6 Å². The standard InChI is InChI=1S/3C38H24N4/c1-2-11-25(12-3-1)38-39-31-16-10-20-35-36(31)37(40-38)30-15-6-9-19-34(30)42(35)27-23-21-26(22-24-27)41-32-17-7-4-13-28(32)29-14-5-8-18-33(29)41;1-2-10-25(11-3-1)27-20-26-12-8-19-36-37(26)32(21-27)33-23-39-24-40-38(33)42(36)29-14-9-13-28(22-29)41-34-17-6-4-15-30(34)31-16-5-7-18-35(31)41;1-2-10-25(11-3-1)27-20-26-12-8-19-35-37(26)32(21-27)38-36(23-39-24-40-38)42(35)29-14-9-13-28(22-29)41-33-17-6-4-15-30(33)31-16-5-7-18-34(31)41/h3*1-24H. The Hall–Kier alpha value is -17.2. The van der Waals surface area contributed by atoms with Crippen LogP contribution in [0.25, 0.3) is 182 Å². The molecular formula is C114H72N12. The molecule has 0 unspecified atom stereocenters. The highest BCUT2D eigenvalue weighted by atomic mass is 15.2. The second kappa shape index (κ2) is 29.3. The lowest BCUT2D eigenvalue weighted by molar-refractivity contribution is 1.11. The van der Waals surface area contributed by atoms with Crippen LogP contribution in [0.5, 0.6) is 0 Å². The number of rotatable bonds is 9. The monoisotopic (exact) mass is 1610 g/mol. The topological polar surface area (TPSA) is 102 Å². The summed E-state index contributed by atoms with van der Waals surface area (Å²) in [6.07, 6.45) is 7.19. The first kappa shape index (κ1) is 71.7. The third kappa shape index (κ3) is 11.5. The Morgan fingerprint density at radius 1 is 0.206 bits per heavy atom. The van der Waals surface area contributed by atoms with Crippen molar-refractivity contribution >= 4 is 149 Å². The van der Waals surface area contributed by atoms with E-state index in [4.69, 9.17) is 19.9 Å². The molecule has 126 heavy (non-hydrogen) atoms. The van der Waals surface area contributed by atoms with Gasteiger partial charge >= 0.3 is 0 Å². The third-order valence-corrected chi connectivity index (χ3v) is 25.2. The summed E-state index contributed by atoms with van der Waals surface area (Å²) in [4.78, 5) is 35.8. The highest BCUT2D eigenvalue weighted by Crippen LogP contribution is 2.55. The van der Waals surface area contributed by atoms with E-state index in [1.165, 1.54) is 109 Å². The van der Waals surface area contributed by atoms with Crippen LogP contribution in [0.3, 0.4) is 0 Å². The molecule has 0 bridgehead atoms. The molecule has 18 aromatic carbocycles. The van der Waals surface area contributed by atoms with Crippen molar-refractivity contribution in [3.8, 4) is 84.3 Å². The van der Waals surface area contributed by atoms with Crippen molar-refractivity contribution in [3.05, 3.63) is 438 Å². The zero-order chi connectivity index (χ0) is 82.9. The number of hydrogen-bond donors (Lipinski definition) is 0. The van der Waals surface area contributed by atoms with Gasteiger partial charge in [0.1, 0.15) is 18.5 Å². The fourth-order valence-electron chi connectivity index (χ4n) is 19.8. The van der Waals surface area contributed by atoms with Gasteiger partial charge in [-0.15, -0.1) is 0 Å². The van der Waals surface area contributed by atoms with Gasteiger partial charge in [-0.3, -0.25) is 4.90 Å². The first-order valence-corrected chi connectivity index (χ1v) is 42.5. The number of para-hydroxylation sites is 7. The molecular weight excluding hydrogens is 1540 g/mol. The van der Waals surface area contributed by atoms with Crippen molar-refractivity contribution in [3.63, 3.8) is 0 Å². The van der Waals surface area contributed by atoms with Crippen molar-refractivity contribution in [1.82, 2.24) is 43.6 Å². The second-order valence-corrected chi connectivity index (χ2v) is 32.2. The lowest BCUT2D eigenvalue weighted by atomic mass is 9.90. The lowest BCUT2D eigenvalue weighted by Crippen LogP contribution is -2.17. The Kier molecular flexibility index (Phi) is 16.7. The summed E-state index contributed by atoms with van der Waals surface area (Å²) in [6.45, 7) is 0. The predicted octanol–water partition coefficient (Wildman–Crippen LogP) is 29.5. The predicted molar refractivity (Wildman–Crippen MR) is 519 cm³/mol. The van der Waals surface area contributed by atoms with Gasteiger partial charge in [0.15, 0.2) is 5.82 Å². The van der Waals surface area contributed by atoms with Gasteiger partial charge in [-0.1, -0.05) is 261 Å². The molecule has 24 aromatic rings. The van der Waals surface area contributed by atoms with Crippen molar-refractivity contribution in [2.75, 3.05) is 14.7 Å². The summed E-state index contributed by atoms with van der Waals surface area (Å²) in [6, 6.07) is 147. The van der Waals surface area contributed by atoms with Crippen molar-refractivity contribution in [2.24, 2.45) is 0 Å². The fourth-order valence-corrected chi connectivity index (χ4v) is 19.8. The van der Waals surface area contributed by atoms with Gasteiger partial charge in [-0.2, -0.15) is 0 Å². The Balaban J connectivity index is 0.000000103. The van der Waals surface area contributed by atoms with E-state index in [1.54, 1.807) is 12.7 Å².